The predicted molar refractivity (Wildman–Crippen MR) is 114 cm³/mol. The van der Waals surface area contributed by atoms with Crippen LogP contribution < -0.4 is 25.8 Å². The highest BCUT2D eigenvalue weighted by molar-refractivity contribution is 14.0. The molecule has 0 saturated heterocycles. The standard InChI is InChI=1S/C18H24N4O4.HI/c1-4-20-18(22-11-14-7-8-15(26-14)17(19)23)21-10-12-5-6-13(24-2)9-16(12)25-3;/h5-9H,4,10-11H2,1-3H3,(H2,19,23)(H2,20,21,22);1H. The molecule has 0 radical (unpaired) electrons. The molecule has 2 rings (SSSR count). The Kier molecular flexibility index (Phi) is 9.48. The van der Waals surface area contributed by atoms with E-state index in [1.165, 1.54) is 0 Å². The summed E-state index contributed by atoms with van der Waals surface area (Å²) in [7, 11) is 3.22. The van der Waals surface area contributed by atoms with Crippen LogP contribution in [0.5, 0.6) is 11.5 Å². The highest BCUT2D eigenvalue weighted by atomic mass is 127. The molecule has 1 aromatic carbocycles. The smallest absolute Gasteiger partial charge is 0.284 e. The number of carbonyl (C=O) groups is 1. The number of benzene rings is 1. The van der Waals surface area contributed by atoms with Gasteiger partial charge in [-0.15, -0.1) is 24.0 Å². The highest BCUT2D eigenvalue weighted by Crippen LogP contribution is 2.25. The minimum Gasteiger partial charge on any atom is -0.497 e. The van der Waals surface area contributed by atoms with Gasteiger partial charge in [0.05, 0.1) is 27.3 Å². The summed E-state index contributed by atoms with van der Waals surface area (Å²) in [5, 5.41) is 6.30. The average molecular weight is 488 g/mol. The van der Waals surface area contributed by atoms with Crippen molar-refractivity contribution in [2.45, 2.75) is 20.0 Å². The molecule has 0 atom stereocenters. The second-order valence-corrected chi connectivity index (χ2v) is 5.36. The number of carbonyl (C=O) groups excluding carboxylic acids is 1. The van der Waals surface area contributed by atoms with E-state index < -0.39 is 5.91 Å². The first kappa shape index (κ1) is 22.6. The molecule has 0 aliphatic carbocycles. The molecule has 0 aliphatic heterocycles. The molecule has 0 fully saturated rings. The molecule has 4 N–H and O–H groups in total. The summed E-state index contributed by atoms with van der Waals surface area (Å²) in [5.74, 6) is 2.17. The van der Waals surface area contributed by atoms with E-state index >= 15 is 0 Å². The van der Waals surface area contributed by atoms with Gasteiger partial charge >= 0.3 is 0 Å². The zero-order valence-electron chi connectivity index (χ0n) is 15.6. The summed E-state index contributed by atoms with van der Waals surface area (Å²) in [6.45, 7) is 3.48. The molecule has 9 heteroatoms. The van der Waals surface area contributed by atoms with E-state index in [4.69, 9.17) is 19.6 Å². The largest absolute Gasteiger partial charge is 0.497 e. The molecule has 0 bridgehead atoms. The zero-order chi connectivity index (χ0) is 18.9. The Hall–Kier alpha value is -2.43. The first-order valence-electron chi connectivity index (χ1n) is 8.19. The maximum atomic E-state index is 11.1. The summed E-state index contributed by atoms with van der Waals surface area (Å²) in [6, 6.07) is 8.84. The predicted octanol–water partition coefficient (Wildman–Crippen LogP) is 2.27. The van der Waals surface area contributed by atoms with Gasteiger partial charge < -0.3 is 30.3 Å². The van der Waals surface area contributed by atoms with Crippen LogP contribution in [0.4, 0.5) is 0 Å². The van der Waals surface area contributed by atoms with Gasteiger partial charge in [0.2, 0.25) is 0 Å². The highest BCUT2D eigenvalue weighted by Gasteiger charge is 2.08. The molecule has 2 aromatic rings. The van der Waals surface area contributed by atoms with Gasteiger partial charge in [0, 0.05) is 18.2 Å². The molecular weight excluding hydrogens is 463 g/mol. The lowest BCUT2D eigenvalue weighted by molar-refractivity contribution is 0.0972. The lowest BCUT2D eigenvalue weighted by atomic mass is 10.2. The minimum absolute atomic E-state index is 0. The first-order valence-corrected chi connectivity index (χ1v) is 8.19. The first-order chi connectivity index (χ1) is 12.6. The van der Waals surface area contributed by atoms with Gasteiger partial charge in [0.25, 0.3) is 5.91 Å². The van der Waals surface area contributed by atoms with Crippen molar-refractivity contribution in [3.8, 4) is 11.5 Å². The molecule has 0 aliphatic rings. The molecule has 148 valence electrons. The summed E-state index contributed by atoms with van der Waals surface area (Å²) in [4.78, 5) is 15.6. The van der Waals surface area contributed by atoms with Crippen LogP contribution >= 0.6 is 24.0 Å². The molecule has 0 saturated carbocycles. The van der Waals surface area contributed by atoms with Crippen LogP contribution in [-0.4, -0.2) is 32.6 Å². The van der Waals surface area contributed by atoms with Crippen molar-refractivity contribution in [3.63, 3.8) is 0 Å². The molecule has 1 amide bonds. The monoisotopic (exact) mass is 488 g/mol. The average Bonchev–Trinajstić information content (AvgIpc) is 3.13. The van der Waals surface area contributed by atoms with Crippen molar-refractivity contribution in [2.75, 3.05) is 20.8 Å². The lowest BCUT2D eigenvalue weighted by Gasteiger charge is -2.12. The van der Waals surface area contributed by atoms with Crippen molar-refractivity contribution >= 4 is 35.8 Å². The number of aliphatic imine (C=N–C) groups is 1. The Morgan fingerprint density at radius 2 is 1.96 bits per heavy atom. The van der Waals surface area contributed by atoms with E-state index in [1.807, 2.05) is 25.1 Å². The van der Waals surface area contributed by atoms with E-state index in [9.17, 15) is 4.79 Å². The number of methoxy groups -OCH3 is 2. The number of amides is 1. The van der Waals surface area contributed by atoms with Crippen LogP contribution in [0, 0.1) is 0 Å². The summed E-state index contributed by atoms with van der Waals surface area (Å²) < 4.78 is 15.9. The Labute approximate surface area is 175 Å². The third-order valence-corrected chi connectivity index (χ3v) is 3.58. The van der Waals surface area contributed by atoms with Crippen molar-refractivity contribution < 1.29 is 18.7 Å². The molecule has 1 heterocycles. The number of ether oxygens (including phenoxy) is 2. The number of furan rings is 1. The van der Waals surface area contributed by atoms with Crippen LogP contribution in [0.25, 0.3) is 0 Å². The second-order valence-electron chi connectivity index (χ2n) is 5.36. The van der Waals surface area contributed by atoms with Gasteiger partial charge in [-0.1, -0.05) is 0 Å². The normalized spacial score (nSPS) is 10.7. The summed E-state index contributed by atoms with van der Waals surface area (Å²) in [6.07, 6.45) is 0. The van der Waals surface area contributed by atoms with Gasteiger partial charge in [-0.2, -0.15) is 0 Å². The van der Waals surface area contributed by atoms with Crippen LogP contribution in [-0.2, 0) is 13.1 Å². The lowest BCUT2D eigenvalue weighted by Crippen LogP contribution is -2.36. The van der Waals surface area contributed by atoms with Gasteiger partial charge in [-0.3, -0.25) is 4.79 Å². The number of guanidine groups is 1. The minimum atomic E-state index is -0.594. The van der Waals surface area contributed by atoms with Crippen LogP contribution in [0.2, 0.25) is 0 Å². The number of nitrogens with two attached hydrogens (primary N) is 1. The van der Waals surface area contributed by atoms with Crippen LogP contribution in [0.3, 0.4) is 0 Å². The number of rotatable bonds is 8. The van der Waals surface area contributed by atoms with Crippen molar-refractivity contribution in [3.05, 3.63) is 47.4 Å². The zero-order valence-corrected chi connectivity index (χ0v) is 17.9. The number of halogens is 1. The van der Waals surface area contributed by atoms with Crippen molar-refractivity contribution in [1.82, 2.24) is 10.6 Å². The number of nitrogens with zero attached hydrogens (tertiary/aromatic N) is 1. The quantitative estimate of drug-likeness (QED) is 0.299. The molecule has 27 heavy (non-hydrogen) atoms. The molecule has 1 aromatic heterocycles. The Morgan fingerprint density at radius 1 is 1.19 bits per heavy atom. The van der Waals surface area contributed by atoms with Crippen LogP contribution in [0.15, 0.2) is 39.7 Å². The van der Waals surface area contributed by atoms with Gasteiger partial charge in [0.15, 0.2) is 11.7 Å². The SMILES string of the molecule is CCNC(=NCc1ccc(OC)cc1OC)NCc1ccc(C(N)=O)o1.I. The fraction of sp³-hybridized carbons (Fsp3) is 0.333. The molecular formula is C18H25IN4O4. The van der Waals surface area contributed by atoms with Crippen molar-refractivity contribution in [2.24, 2.45) is 10.7 Å². The van der Waals surface area contributed by atoms with E-state index in [1.54, 1.807) is 26.4 Å². The topological polar surface area (TPSA) is 111 Å². The maximum absolute atomic E-state index is 11.1. The number of hydrogen-bond donors (Lipinski definition) is 3. The van der Waals surface area contributed by atoms with E-state index in [0.29, 0.717) is 37.1 Å². The van der Waals surface area contributed by atoms with Gasteiger partial charge in [-0.25, -0.2) is 4.99 Å². The van der Waals surface area contributed by atoms with Gasteiger partial charge in [0.1, 0.15) is 17.3 Å². The van der Waals surface area contributed by atoms with E-state index in [0.717, 1.165) is 11.3 Å². The van der Waals surface area contributed by atoms with Gasteiger partial charge in [-0.05, 0) is 31.2 Å². The fourth-order valence-electron chi connectivity index (χ4n) is 2.26. The Morgan fingerprint density at radius 3 is 2.56 bits per heavy atom. The van der Waals surface area contributed by atoms with E-state index in [-0.39, 0.29) is 29.7 Å². The summed E-state index contributed by atoms with van der Waals surface area (Å²) in [5.41, 5.74) is 6.11. The number of hydrogen-bond acceptors (Lipinski definition) is 5. The maximum Gasteiger partial charge on any atom is 0.284 e. The molecule has 0 unspecified atom stereocenters. The molecule has 8 nitrogen and oxygen atoms in total. The van der Waals surface area contributed by atoms with Crippen LogP contribution in [0.1, 0.15) is 28.8 Å². The Bertz CT molecular complexity index is 776. The Balaban J connectivity index is 0.00000364. The number of primary amides is 1. The number of nitrogens with one attached hydrogen (secondary N) is 2. The molecule has 0 spiro atoms. The van der Waals surface area contributed by atoms with E-state index in [2.05, 4.69) is 15.6 Å². The van der Waals surface area contributed by atoms with Crippen molar-refractivity contribution in [1.29, 1.82) is 0 Å². The summed E-state index contributed by atoms with van der Waals surface area (Å²) >= 11 is 0. The third kappa shape index (κ3) is 6.66. The third-order valence-electron chi connectivity index (χ3n) is 3.58. The fourth-order valence-corrected chi connectivity index (χ4v) is 2.26. The second kappa shape index (κ2) is 11.3.